The van der Waals surface area contributed by atoms with E-state index in [-0.39, 0.29) is 9.47 Å². The number of amides is 1. The molecule has 1 fully saturated rings. The number of fused-ring (bicyclic) bond motifs is 1. The molecule has 5 nitrogen and oxygen atoms in total. The van der Waals surface area contributed by atoms with Crippen molar-refractivity contribution in [3.8, 4) is 0 Å². The van der Waals surface area contributed by atoms with Crippen molar-refractivity contribution in [2.75, 3.05) is 6.54 Å². The van der Waals surface area contributed by atoms with Crippen LogP contribution in [0.3, 0.4) is 0 Å². The Bertz CT molecular complexity index is 930. The number of thioether (sulfide) groups is 1. The van der Waals surface area contributed by atoms with Crippen LogP contribution in [0.1, 0.15) is 5.56 Å². The zero-order valence-corrected chi connectivity index (χ0v) is 15.0. The Morgan fingerprint density at radius 3 is 2.83 bits per heavy atom. The summed E-state index contributed by atoms with van der Waals surface area (Å²) in [5.41, 5.74) is 1.21. The average Bonchev–Trinajstić information content (AvgIpc) is 2.76. The normalized spacial score (nSPS) is 16.4. The van der Waals surface area contributed by atoms with Crippen molar-refractivity contribution >= 4 is 80.4 Å². The van der Waals surface area contributed by atoms with Crippen molar-refractivity contribution in [2.45, 2.75) is 0 Å². The van der Waals surface area contributed by atoms with Gasteiger partial charge in [-0.2, -0.15) is 0 Å². The number of rotatable bonds is 3. The summed E-state index contributed by atoms with van der Waals surface area (Å²) in [5, 5.41) is 10.4. The van der Waals surface area contributed by atoms with Crippen molar-refractivity contribution in [3.05, 3.63) is 44.9 Å². The summed E-state index contributed by atoms with van der Waals surface area (Å²) in [6.45, 7) is -0.471. The smallest absolute Gasteiger partial charge is 0.323 e. The molecule has 0 radical (unpaired) electrons. The minimum atomic E-state index is -1.13. The molecule has 0 saturated carbocycles. The summed E-state index contributed by atoms with van der Waals surface area (Å²) in [6, 6.07) is 6.97. The van der Waals surface area contributed by atoms with Gasteiger partial charge in [-0.05, 0) is 30.3 Å². The second kappa shape index (κ2) is 6.68. The molecule has 1 amide bonds. The fraction of sp³-hybridized carbons (Fsp3) is 0.0667. The molecule has 1 aliphatic heterocycles. The van der Waals surface area contributed by atoms with Gasteiger partial charge in [0.25, 0.3) is 5.91 Å². The first-order valence-corrected chi connectivity index (χ1v) is 8.56. The number of thiocarbonyl (C=S) groups is 1. The van der Waals surface area contributed by atoms with E-state index in [4.69, 9.17) is 40.5 Å². The maximum atomic E-state index is 12.3. The van der Waals surface area contributed by atoms with E-state index in [2.05, 4.69) is 4.98 Å². The number of carboxylic acid groups (broad SMARTS) is 1. The topological polar surface area (TPSA) is 70.5 Å². The zero-order chi connectivity index (χ0) is 17.4. The Morgan fingerprint density at radius 2 is 2.12 bits per heavy atom. The van der Waals surface area contributed by atoms with Gasteiger partial charge in [0.1, 0.15) is 16.0 Å². The minimum absolute atomic E-state index is 0.196. The predicted molar refractivity (Wildman–Crippen MR) is 99.3 cm³/mol. The third-order valence-corrected chi connectivity index (χ3v) is 5.13. The van der Waals surface area contributed by atoms with Gasteiger partial charge in [0.05, 0.1) is 10.4 Å². The van der Waals surface area contributed by atoms with E-state index in [9.17, 15) is 9.59 Å². The molecule has 0 atom stereocenters. The number of carbonyl (C=O) groups is 2. The fourth-order valence-electron chi connectivity index (χ4n) is 2.15. The molecule has 1 N–H and O–H groups in total. The van der Waals surface area contributed by atoms with E-state index < -0.39 is 18.4 Å². The predicted octanol–water partition coefficient (Wildman–Crippen LogP) is 3.83. The third kappa shape index (κ3) is 3.39. The zero-order valence-electron chi connectivity index (χ0n) is 11.8. The minimum Gasteiger partial charge on any atom is -0.480 e. The number of carboxylic acids is 1. The standard InChI is InChI=1S/C15H8Cl2N2O3S2/c16-9-1-2-10-7(4-9)3-8(13(17)18-10)5-11-14(22)19(6-12(20)21)15(23)24-11/h1-5H,6H2,(H,20,21)/b11-5-. The van der Waals surface area contributed by atoms with Crippen molar-refractivity contribution in [1.29, 1.82) is 0 Å². The van der Waals surface area contributed by atoms with E-state index in [0.717, 1.165) is 22.0 Å². The molecule has 1 aromatic heterocycles. The van der Waals surface area contributed by atoms with E-state index in [0.29, 0.717) is 21.0 Å². The van der Waals surface area contributed by atoms with Gasteiger partial charge in [0.2, 0.25) is 0 Å². The summed E-state index contributed by atoms with van der Waals surface area (Å²) < 4.78 is 0.196. The maximum absolute atomic E-state index is 12.3. The second-order valence-corrected chi connectivity index (χ2v) is 7.34. The van der Waals surface area contributed by atoms with Crippen LogP contribution in [0, 0.1) is 0 Å². The molecular formula is C15H8Cl2N2O3S2. The molecule has 9 heteroatoms. The summed E-state index contributed by atoms with van der Waals surface area (Å²) in [7, 11) is 0. The second-order valence-electron chi connectivity index (χ2n) is 4.87. The lowest BCUT2D eigenvalue weighted by Crippen LogP contribution is -2.33. The molecule has 122 valence electrons. The van der Waals surface area contributed by atoms with Crippen LogP contribution in [0.15, 0.2) is 29.2 Å². The number of benzene rings is 1. The quantitative estimate of drug-likeness (QED) is 0.481. The van der Waals surface area contributed by atoms with Crippen LogP contribution in [-0.4, -0.2) is 37.7 Å². The number of carbonyl (C=O) groups excluding carboxylic acids is 1. The van der Waals surface area contributed by atoms with E-state index in [1.807, 2.05) is 0 Å². The number of aliphatic carboxylic acids is 1. The molecular weight excluding hydrogens is 391 g/mol. The van der Waals surface area contributed by atoms with Gasteiger partial charge in [-0.3, -0.25) is 14.5 Å². The van der Waals surface area contributed by atoms with Crippen LogP contribution in [0.25, 0.3) is 17.0 Å². The molecule has 0 aliphatic carbocycles. The van der Waals surface area contributed by atoms with Crippen LogP contribution in [0.5, 0.6) is 0 Å². The van der Waals surface area contributed by atoms with E-state index in [1.54, 1.807) is 30.3 Å². The largest absolute Gasteiger partial charge is 0.480 e. The summed E-state index contributed by atoms with van der Waals surface area (Å²) in [5.74, 6) is -1.60. The highest BCUT2D eigenvalue weighted by atomic mass is 35.5. The molecule has 0 spiro atoms. The van der Waals surface area contributed by atoms with Gasteiger partial charge in [-0.15, -0.1) is 0 Å². The summed E-state index contributed by atoms with van der Waals surface area (Å²) >= 11 is 18.2. The van der Waals surface area contributed by atoms with Gasteiger partial charge in [-0.1, -0.05) is 47.2 Å². The highest BCUT2D eigenvalue weighted by Gasteiger charge is 2.33. The molecule has 24 heavy (non-hydrogen) atoms. The Labute approximate surface area is 156 Å². The van der Waals surface area contributed by atoms with Gasteiger partial charge in [-0.25, -0.2) is 4.98 Å². The van der Waals surface area contributed by atoms with Gasteiger partial charge < -0.3 is 5.11 Å². The van der Waals surface area contributed by atoms with Crippen LogP contribution in [-0.2, 0) is 9.59 Å². The average molecular weight is 399 g/mol. The third-order valence-electron chi connectivity index (χ3n) is 3.21. The Balaban J connectivity index is 2.00. The maximum Gasteiger partial charge on any atom is 0.323 e. The summed E-state index contributed by atoms with van der Waals surface area (Å²) in [4.78, 5) is 28.7. The Kier molecular flexibility index (Phi) is 4.78. The Hall–Kier alpha value is -1.67. The van der Waals surface area contributed by atoms with Crippen LogP contribution in [0.2, 0.25) is 10.2 Å². The molecule has 0 bridgehead atoms. The lowest BCUT2D eigenvalue weighted by molar-refractivity contribution is -0.140. The molecule has 2 aromatic rings. The molecule has 0 unspecified atom stereocenters. The number of hydrogen-bond donors (Lipinski definition) is 1. The summed E-state index contributed by atoms with van der Waals surface area (Å²) in [6.07, 6.45) is 1.55. The highest BCUT2D eigenvalue weighted by molar-refractivity contribution is 8.26. The van der Waals surface area contributed by atoms with Crippen molar-refractivity contribution in [3.63, 3.8) is 0 Å². The number of halogens is 2. The number of pyridine rings is 1. The Morgan fingerprint density at radius 1 is 1.38 bits per heavy atom. The van der Waals surface area contributed by atoms with Crippen molar-refractivity contribution in [1.82, 2.24) is 9.88 Å². The van der Waals surface area contributed by atoms with Crippen LogP contribution >= 0.6 is 47.2 Å². The van der Waals surface area contributed by atoms with Crippen LogP contribution < -0.4 is 0 Å². The van der Waals surface area contributed by atoms with E-state index in [1.165, 1.54) is 0 Å². The van der Waals surface area contributed by atoms with Crippen LogP contribution in [0.4, 0.5) is 0 Å². The molecule has 3 rings (SSSR count). The molecule has 2 heterocycles. The first-order chi connectivity index (χ1) is 11.3. The number of hydrogen-bond acceptors (Lipinski definition) is 5. The number of aromatic nitrogens is 1. The van der Waals surface area contributed by atoms with Gasteiger partial charge in [0, 0.05) is 16.0 Å². The van der Waals surface area contributed by atoms with Gasteiger partial charge in [0.15, 0.2) is 0 Å². The first-order valence-electron chi connectivity index (χ1n) is 6.58. The molecule has 1 saturated heterocycles. The molecule has 1 aromatic carbocycles. The van der Waals surface area contributed by atoms with E-state index >= 15 is 0 Å². The van der Waals surface area contributed by atoms with Crippen molar-refractivity contribution in [2.24, 2.45) is 0 Å². The van der Waals surface area contributed by atoms with Gasteiger partial charge >= 0.3 is 5.97 Å². The van der Waals surface area contributed by atoms with Crippen molar-refractivity contribution < 1.29 is 14.7 Å². The lowest BCUT2D eigenvalue weighted by Gasteiger charge is -2.10. The number of nitrogens with zero attached hydrogens (tertiary/aromatic N) is 2. The monoisotopic (exact) mass is 398 g/mol. The lowest BCUT2D eigenvalue weighted by atomic mass is 10.1. The highest BCUT2D eigenvalue weighted by Crippen LogP contribution is 2.34. The SMILES string of the molecule is O=C(O)CN1C(=O)/C(=C/c2cc3cc(Cl)ccc3nc2Cl)SC1=S. The molecule has 1 aliphatic rings. The first kappa shape index (κ1) is 17.2. The fourth-order valence-corrected chi connectivity index (χ4v) is 3.78.